The number of likely N-dealkylation sites (tertiary alicyclic amines) is 1. The fourth-order valence-corrected chi connectivity index (χ4v) is 2.00. The van der Waals surface area contributed by atoms with Crippen LogP contribution in [0.1, 0.15) is 18.5 Å². The Morgan fingerprint density at radius 3 is 3.00 bits per heavy atom. The molecule has 3 nitrogen and oxygen atoms in total. The highest BCUT2D eigenvalue weighted by Crippen LogP contribution is 2.16. The van der Waals surface area contributed by atoms with Crippen LogP contribution >= 0.6 is 0 Å². The van der Waals surface area contributed by atoms with Crippen molar-refractivity contribution in [3.05, 3.63) is 18.0 Å². The zero-order chi connectivity index (χ0) is 9.26. The SMILES string of the molecule is Cc1ccnn1CC1CCCN1C. The summed E-state index contributed by atoms with van der Waals surface area (Å²) in [7, 11) is 2.20. The first-order valence-corrected chi connectivity index (χ1v) is 4.96. The molecule has 0 spiro atoms. The minimum absolute atomic E-state index is 0.693. The van der Waals surface area contributed by atoms with Crippen LogP contribution in [0.3, 0.4) is 0 Å². The van der Waals surface area contributed by atoms with Crippen LogP contribution in [0.5, 0.6) is 0 Å². The van der Waals surface area contributed by atoms with Crippen molar-refractivity contribution in [1.82, 2.24) is 14.7 Å². The molecule has 2 heterocycles. The zero-order valence-corrected chi connectivity index (χ0v) is 8.40. The molecule has 0 N–H and O–H groups in total. The molecule has 0 bridgehead atoms. The lowest BCUT2D eigenvalue weighted by molar-refractivity contribution is 0.273. The summed E-state index contributed by atoms with van der Waals surface area (Å²) in [5, 5.41) is 4.30. The molecule has 1 atom stereocenters. The Kier molecular flexibility index (Phi) is 2.36. The standard InChI is InChI=1S/C10H17N3/c1-9-5-6-11-13(9)8-10-4-3-7-12(10)2/h5-6,10H,3-4,7-8H2,1-2H3. The number of hydrogen-bond acceptors (Lipinski definition) is 2. The minimum atomic E-state index is 0.693. The van der Waals surface area contributed by atoms with Gasteiger partial charge in [-0.05, 0) is 39.4 Å². The van der Waals surface area contributed by atoms with E-state index in [1.54, 1.807) is 0 Å². The highest BCUT2D eigenvalue weighted by atomic mass is 15.3. The Labute approximate surface area is 79.3 Å². The second-order valence-corrected chi connectivity index (χ2v) is 3.93. The number of aryl methyl sites for hydroxylation is 1. The van der Waals surface area contributed by atoms with Gasteiger partial charge < -0.3 is 4.90 Å². The van der Waals surface area contributed by atoms with Crippen LogP contribution in [0.2, 0.25) is 0 Å². The molecule has 2 rings (SSSR count). The average Bonchev–Trinajstić information content (AvgIpc) is 2.65. The Morgan fingerprint density at radius 1 is 1.62 bits per heavy atom. The summed E-state index contributed by atoms with van der Waals surface area (Å²) in [6.07, 6.45) is 4.53. The Bertz CT molecular complexity index is 279. The zero-order valence-electron chi connectivity index (χ0n) is 8.40. The number of aromatic nitrogens is 2. The first-order chi connectivity index (χ1) is 6.27. The lowest BCUT2D eigenvalue weighted by atomic mass is 10.2. The van der Waals surface area contributed by atoms with E-state index in [1.165, 1.54) is 25.1 Å². The van der Waals surface area contributed by atoms with E-state index in [1.807, 2.05) is 6.20 Å². The van der Waals surface area contributed by atoms with E-state index in [2.05, 4.69) is 34.7 Å². The molecule has 1 unspecified atom stereocenters. The van der Waals surface area contributed by atoms with Crippen molar-refractivity contribution in [3.8, 4) is 0 Å². The quantitative estimate of drug-likeness (QED) is 0.682. The number of rotatable bonds is 2. The highest BCUT2D eigenvalue weighted by molar-refractivity contribution is 4.97. The molecule has 13 heavy (non-hydrogen) atoms. The average molecular weight is 179 g/mol. The predicted octanol–water partition coefficient (Wildman–Crippen LogP) is 1.29. The van der Waals surface area contributed by atoms with E-state index in [4.69, 9.17) is 0 Å². The summed E-state index contributed by atoms with van der Waals surface area (Å²) in [6.45, 7) is 4.41. The van der Waals surface area contributed by atoms with Gasteiger partial charge in [-0.3, -0.25) is 4.68 Å². The summed E-state index contributed by atoms with van der Waals surface area (Å²) < 4.78 is 2.10. The lowest BCUT2D eigenvalue weighted by Gasteiger charge is -2.19. The van der Waals surface area contributed by atoms with Crippen molar-refractivity contribution >= 4 is 0 Å². The molecule has 3 heteroatoms. The van der Waals surface area contributed by atoms with Crippen molar-refractivity contribution < 1.29 is 0 Å². The summed E-state index contributed by atoms with van der Waals surface area (Å²) in [5.74, 6) is 0. The van der Waals surface area contributed by atoms with E-state index in [9.17, 15) is 0 Å². The molecular formula is C10H17N3. The van der Waals surface area contributed by atoms with Gasteiger partial charge in [0.1, 0.15) is 0 Å². The first kappa shape index (κ1) is 8.75. The summed E-state index contributed by atoms with van der Waals surface area (Å²) in [5.41, 5.74) is 1.26. The fraction of sp³-hybridized carbons (Fsp3) is 0.700. The van der Waals surface area contributed by atoms with Crippen LogP contribution in [0.4, 0.5) is 0 Å². The van der Waals surface area contributed by atoms with Gasteiger partial charge in [0, 0.05) is 17.9 Å². The highest BCUT2D eigenvalue weighted by Gasteiger charge is 2.21. The minimum Gasteiger partial charge on any atom is -0.302 e. The van der Waals surface area contributed by atoms with Crippen molar-refractivity contribution in [1.29, 1.82) is 0 Å². The summed E-state index contributed by atoms with van der Waals surface area (Å²) in [4.78, 5) is 2.43. The molecular weight excluding hydrogens is 162 g/mol. The van der Waals surface area contributed by atoms with E-state index >= 15 is 0 Å². The van der Waals surface area contributed by atoms with Gasteiger partial charge in [-0.25, -0.2) is 0 Å². The van der Waals surface area contributed by atoms with Crippen molar-refractivity contribution in [2.24, 2.45) is 0 Å². The molecule has 0 radical (unpaired) electrons. The number of nitrogens with zero attached hydrogens (tertiary/aromatic N) is 3. The van der Waals surface area contributed by atoms with Crippen LogP contribution in [-0.4, -0.2) is 34.3 Å². The van der Waals surface area contributed by atoms with Crippen LogP contribution in [0.25, 0.3) is 0 Å². The third-order valence-corrected chi connectivity index (χ3v) is 2.98. The molecule has 1 aliphatic rings. The molecule has 1 aromatic heterocycles. The Hall–Kier alpha value is -0.830. The molecule has 0 aliphatic carbocycles. The van der Waals surface area contributed by atoms with Gasteiger partial charge in [-0.1, -0.05) is 0 Å². The molecule has 72 valence electrons. The normalized spacial score (nSPS) is 24.0. The summed E-state index contributed by atoms with van der Waals surface area (Å²) in [6, 6.07) is 2.76. The fourth-order valence-electron chi connectivity index (χ4n) is 2.00. The third kappa shape index (κ3) is 1.75. The van der Waals surface area contributed by atoms with Gasteiger partial charge in [-0.2, -0.15) is 5.10 Å². The molecule has 1 aliphatic heterocycles. The van der Waals surface area contributed by atoms with Gasteiger partial charge >= 0.3 is 0 Å². The van der Waals surface area contributed by atoms with Crippen LogP contribution < -0.4 is 0 Å². The number of likely N-dealkylation sites (N-methyl/N-ethyl adjacent to an activating group) is 1. The van der Waals surface area contributed by atoms with Gasteiger partial charge in [0.15, 0.2) is 0 Å². The topological polar surface area (TPSA) is 21.1 Å². The van der Waals surface area contributed by atoms with Gasteiger partial charge in [0.25, 0.3) is 0 Å². The van der Waals surface area contributed by atoms with E-state index in [0.717, 1.165) is 6.54 Å². The van der Waals surface area contributed by atoms with Crippen molar-refractivity contribution in [3.63, 3.8) is 0 Å². The van der Waals surface area contributed by atoms with Crippen LogP contribution in [0.15, 0.2) is 12.3 Å². The monoisotopic (exact) mass is 179 g/mol. The predicted molar refractivity (Wildman–Crippen MR) is 52.6 cm³/mol. The summed E-state index contributed by atoms with van der Waals surface area (Å²) >= 11 is 0. The largest absolute Gasteiger partial charge is 0.302 e. The van der Waals surface area contributed by atoms with Gasteiger partial charge in [0.05, 0.1) is 6.54 Å². The molecule has 1 aromatic rings. The lowest BCUT2D eigenvalue weighted by Crippen LogP contribution is -2.29. The number of hydrogen-bond donors (Lipinski definition) is 0. The van der Waals surface area contributed by atoms with Crippen molar-refractivity contribution in [2.45, 2.75) is 32.4 Å². The third-order valence-electron chi connectivity index (χ3n) is 2.98. The van der Waals surface area contributed by atoms with Gasteiger partial charge in [0.2, 0.25) is 0 Å². The van der Waals surface area contributed by atoms with Crippen molar-refractivity contribution in [2.75, 3.05) is 13.6 Å². The molecule has 0 aromatic carbocycles. The van der Waals surface area contributed by atoms with Crippen LogP contribution in [-0.2, 0) is 6.54 Å². The molecule has 0 saturated carbocycles. The second-order valence-electron chi connectivity index (χ2n) is 3.93. The second kappa shape index (κ2) is 3.50. The smallest absolute Gasteiger partial charge is 0.0567 e. The first-order valence-electron chi connectivity index (χ1n) is 4.96. The van der Waals surface area contributed by atoms with E-state index in [-0.39, 0.29) is 0 Å². The molecule has 1 fully saturated rings. The Balaban J connectivity index is 2.01. The van der Waals surface area contributed by atoms with E-state index in [0.29, 0.717) is 6.04 Å². The molecule has 0 amide bonds. The van der Waals surface area contributed by atoms with Crippen LogP contribution in [0, 0.1) is 6.92 Å². The maximum atomic E-state index is 4.30. The van der Waals surface area contributed by atoms with Gasteiger partial charge in [-0.15, -0.1) is 0 Å². The maximum Gasteiger partial charge on any atom is 0.0567 e. The Morgan fingerprint density at radius 2 is 2.46 bits per heavy atom. The van der Waals surface area contributed by atoms with E-state index < -0.39 is 0 Å². The molecule has 1 saturated heterocycles. The maximum absolute atomic E-state index is 4.30.